The second-order valence-electron chi connectivity index (χ2n) is 3.85. The van der Waals surface area contributed by atoms with Gasteiger partial charge in [-0.05, 0) is 25.0 Å². The number of hydrogen-bond donors (Lipinski definition) is 2. The third-order valence-corrected chi connectivity index (χ3v) is 2.38. The molecule has 3 N–H and O–H groups in total. The van der Waals surface area contributed by atoms with Gasteiger partial charge in [-0.15, -0.1) is 0 Å². The lowest BCUT2D eigenvalue weighted by molar-refractivity contribution is -0.117. The summed E-state index contributed by atoms with van der Waals surface area (Å²) < 4.78 is 5.55. The van der Waals surface area contributed by atoms with Gasteiger partial charge in [-0.2, -0.15) is 0 Å². The molecule has 0 bridgehead atoms. The molecule has 94 valence electrons. The first-order chi connectivity index (χ1) is 8.19. The van der Waals surface area contributed by atoms with E-state index >= 15 is 0 Å². The fourth-order valence-corrected chi connectivity index (χ4v) is 1.32. The van der Waals surface area contributed by atoms with Crippen molar-refractivity contribution in [3.8, 4) is 5.75 Å². The third kappa shape index (κ3) is 4.07. The van der Waals surface area contributed by atoms with Crippen LogP contribution in [0.15, 0.2) is 24.3 Å². The molecule has 4 heteroatoms. The minimum atomic E-state index is -0.478. The lowest BCUT2D eigenvalue weighted by Crippen LogP contribution is -2.34. The molecule has 0 fully saturated rings. The largest absolute Gasteiger partial charge is 0.491 e. The maximum atomic E-state index is 11.7. The van der Waals surface area contributed by atoms with E-state index in [1.165, 1.54) is 0 Å². The Morgan fingerprint density at radius 1 is 1.41 bits per heavy atom. The van der Waals surface area contributed by atoms with Crippen LogP contribution in [0.25, 0.3) is 0 Å². The number of nitrogens with two attached hydrogens (primary N) is 1. The Kier molecular flexibility index (Phi) is 5.49. The number of benzene rings is 1. The van der Waals surface area contributed by atoms with Crippen molar-refractivity contribution in [1.29, 1.82) is 0 Å². The number of rotatable bonds is 6. The number of ether oxygens (including phenoxy) is 1. The van der Waals surface area contributed by atoms with Crippen LogP contribution >= 0.6 is 0 Å². The first-order valence-electron chi connectivity index (χ1n) is 5.97. The van der Waals surface area contributed by atoms with E-state index in [0.29, 0.717) is 24.5 Å². The minimum Gasteiger partial charge on any atom is -0.491 e. The van der Waals surface area contributed by atoms with E-state index in [2.05, 4.69) is 5.32 Å². The summed E-state index contributed by atoms with van der Waals surface area (Å²) in [5.41, 5.74) is 6.34. The Labute approximate surface area is 102 Å². The summed E-state index contributed by atoms with van der Waals surface area (Å²) in [7, 11) is 0. The van der Waals surface area contributed by atoms with Gasteiger partial charge in [-0.25, -0.2) is 0 Å². The van der Waals surface area contributed by atoms with Crippen LogP contribution < -0.4 is 15.8 Å². The molecule has 1 atom stereocenters. The Morgan fingerprint density at radius 2 is 2.12 bits per heavy atom. The second kappa shape index (κ2) is 6.91. The molecule has 0 saturated carbocycles. The number of para-hydroxylation sites is 2. The quantitative estimate of drug-likeness (QED) is 0.795. The molecule has 0 saturated heterocycles. The first kappa shape index (κ1) is 13.5. The number of amides is 1. The zero-order valence-corrected chi connectivity index (χ0v) is 10.4. The molecule has 0 heterocycles. The molecular formula is C13H20N2O2. The van der Waals surface area contributed by atoms with Crippen LogP contribution in [0, 0.1) is 0 Å². The second-order valence-corrected chi connectivity index (χ2v) is 3.85. The molecule has 0 radical (unpaired) electrons. The summed E-state index contributed by atoms with van der Waals surface area (Å²) in [6.07, 6.45) is 1.54. The molecule has 0 aliphatic carbocycles. The van der Waals surface area contributed by atoms with Crippen LogP contribution in [0.5, 0.6) is 5.75 Å². The summed E-state index contributed by atoms with van der Waals surface area (Å²) in [6, 6.07) is 6.90. The van der Waals surface area contributed by atoms with E-state index in [1.54, 1.807) is 0 Å². The topological polar surface area (TPSA) is 64.3 Å². The smallest absolute Gasteiger partial charge is 0.241 e. The number of hydrogen-bond acceptors (Lipinski definition) is 3. The van der Waals surface area contributed by atoms with E-state index in [4.69, 9.17) is 10.5 Å². The summed E-state index contributed by atoms with van der Waals surface area (Å²) >= 11 is 0. The molecule has 1 aromatic rings. The molecule has 1 amide bonds. The van der Waals surface area contributed by atoms with Crippen LogP contribution in [-0.2, 0) is 4.79 Å². The van der Waals surface area contributed by atoms with Crippen LogP contribution in [-0.4, -0.2) is 18.6 Å². The minimum absolute atomic E-state index is 0.181. The van der Waals surface area contributed by atoms with Crippen molar-refractivity contribution in [2.45, 2.75) is 32.7 Å². The maximum Gasteiger partial charge on any atom is 0.241 e. The summed E-state index contributed by atoms with van der Waals surface area (Å²) in [5, 5.41) is 2.78. The Morgan fingerprint density at radius 3 is 2.76 bits per heavy atom. The third-order valence-electron chi connectivity index (χ3n) is 2.38. The van der Waals surface area contributed by atoms with E-state index in [0.717, 1.165) is 6.42 Å². The Bertz CT molecular complexity index is 366. The Hall–Kier alpha value is -1.55. The molecule has 0 aliphatic rings. The molecule has 0 aromatic heterocycles. The summed E-state index contributed by atoms with van der Waals surface area (Å²) in [4.78, 5) is 11.7. The van der Waals surface area contributed by atoms with Crippen molar-refractivity contribution in [3.63, 3.8) is 0 Å². The fourth-order valence-electron chi connectivity index (χ4n) is 1.32. The van der Waals surface area contributed by atoms with Gasteiger partial charge in [-0.3, -0.25) is 4.79 Å². The van der Waals surface area contributed by atoms with E-state index in [1.807, 2.05) is 38.1 Å². The molecule has 17 heavy (non-hydrogen) atoms. The highest BCUT2D eigenvalue weighted by molar-refractivity contribution is 5.95. The highest BCUT2D eigenvalue weighted by atomic mass is 16.5. The zero-order valence-electron chi connectivity index (χ0n) is 10.4. The SMILES string of the molecule is CCCOc1ccccc1NC(=O)[C@@H](N)CC. The van der Waals surface area contributed by atoms with Crippen molar-refractivity contribution < 1.29 is 9.53 Å². The average molecular weight is 236 g/mol. The van der Waals surface area contributed by atoms with Gasteiger partial charge in [-0.1, -0.05) is 26.0 Å². The van der Waals surface area contributed by atoms with Crippen LogP contribution in [0.2, 0.25) is 0 Å². The lowest BCUT2D eigenvalue weighted by Gasteiger charge is -2.14. The van der Waals surface area contributed by atoms with Gasteiger partial charge in [0.1, 0.15) is 5.75 Å². The van der Waals surface area contributed by atoms with Crippen molar-refractivity contribution in [3.05, 3.63) is 24.3 Å². The molecule has 1 rings (SSSR count). The molecule has 0 aliphatic heterocycles. The van der Waals surface area contributed by atoms with Crippen molar-refractivity contribution in [2.24, 2.45) is 5.73 Å². The van der Waals surface area contributed by atoms with E-state index in [-0.39, 0.29) is 5.91 Å². The van der Waals surface area contributed by atoms with Gasteiger partial charge in [0.15, 0.2) is 0 Å². The lowest BCUT2D eigenvalue weighted by atomic mass is 10.2. The number of carbonyl (C=O) groups is 1. The monoisotopic (exact) mass is 236 g/mol. The van der Waals surface area contributed by atoms with Crippen molar-refractivity contribution >= 4 is 11.6 Å². The predicted octanol–water partition coefficient (Wildman–Crippen LogP) is 2.15. The summed E-state index contributed by atoms with van der Waals surface area (Å²) in [6.45, 7) is 4.55. The van der Waals surface area contributed by atoms with Gasteiger partial charge in [0.2, 0.25) is 5.91 Å². The standard InChI is InChI=1S/C13H20N2O2/c1-3-9-17-12-8-6-5-7-11(12)15-13(16)10(14)4-2/h5-8,10H,3-4,9,14H2,1-2H3,(H,15,16)/t10-/m0/s1. The van der Waals surface area contributed by atoms with Gasteiger partial charge >= 0.3 is 0 Å². The maximum absolute atomic E-state index is 11.7. The molecule has 0 spiro atoms. The van der Waals surface area contributed by atoms with Crippen molar-refractivity contribution in [2.75, 3.05) is 11.9 Å². The van der Waals surface area contributed by atoms with E-state index in [9.17, 15) is 4.79 Å². The predicted molar refractivity (Wildman–Crippen MR) is 69.1 cm³/mol. The number of anilines is 1. The zero-order chi connectivity index (χ0) is 12.7. The van der Waals surface area contributed by atoms with Crippen molar-refractivity contribution in [1.82, 2.24) is 0 Å². The molecule has 4 nitrogen and oxygen atoms in total. The average Bonchev–Trinajstić information content (AvgIpc) is 2.36. The Balaban J connectivity index is 2.72. The molecule has 0 unspecified atom stereocenters. The van der Waals surface area contributed by atoms with Gasteiger partial charge in [0.25, 0.3) is 0 Å². The fraction of sp³-hybridized carbons (Fsp3) is 0.462. The number of nitrogens with one attached hydrogen (secondary N) is 1. The normalized spacial score (nSPS) is 11.9. The number of carbonyl (C=O) groups excluding carboxylic acids is 1. The van der Waals surface area contributed by atoms with Crippen LogP contribution in [0.3, 0.4) is 0 Å². The van der Waals surface area contributed by atoms with Gasteiger partial charge < -0.3 is 15.8 Å². The van der Waals surface area contributed by atoms with Crippen LogP contribution in [0.1, 0.15) is 26.7 Å². The summed E-state index contributed by atoms with van der Waals surface area (Å²) in [5.74, 6) is 0.506. The van der Waals surface area contributed by atoms with Crippen LogP contribution in [0.4, 0.5) is 5.69 Å². The first-order valence-corrected chi connectivity index (χ1v) is 5.97. The highest BCUT2D eigenvalue weighted by Gasteiger charge is 2.13. The highest BCUT2D eigenvalue weighted by Crippen LogP contribution is 2.23. The molecular weight excluding hydrogens is 216 g/mol. The van der Waals surface area contributed by atoms with Gasteiger partial charge in [0, 0.05) is 0 Å². The molecule has 1 aromatic carbocycles. The van der Waals surface area contributed by atoms with Gasteiger partial charge in [0.05, 0.1) is 18.3 Å². The van der Waals surface area contributed by atoms with E-state index < -0.39 is 6.04 Å².